The second-order valence-electron chi connectivity index (χ2n) is 8.74. The highest BCUT2D eigenvalue weighted by Crippen LogP contribution is 2.22. The van der Waals surface area contributed by atoms with Crippen LogP contribution in [0.1, 0.15) is 58.2 Å². The molecule has 0 bridgehead atoms. The quantitative estimate of drug-likeness (QED) is 0.179. The Morgan fingerprint density at radius 2 is 1.59 bits per heavy atom. The average molecular weight is 460 g/mol. The highest BCUT2D eigenvalue weighted by molar-refractivity contribution is 5.95. The summed E-state index contributed by atoms with van der Waals surface area (Å²) in [6.07, 6.45) is 1.48. The molecule has 0 fully saturated rings. The molecule has 8 heteroatoms. The minimum Gasteiger partial charge on any atom is -0.423 e. The Bertz CT molecular complexity index is 1240. The van der Waals surface area contributed by atoms with Crippen molar-refractivity contribution in [3.8, 4) is 5.75 Å². The molecule has 8 nitrogen and oxygen atoms in total. The maximum atomic E-state index is 12.3. The van der Waals surface area contributed by atoms with Gasteiger partial charge in [0, 0.05) is 17.2 Å². The summed E-state index contributed by atoms with van der Waals surface area (Å²) in [4.78, 5) is 35.0. The molecule has 0 aliphatic rings. The molecule has 3 aromatic rings. The molecule has 0 saturated heterocycles. The number of carbonyl (C=O) groups is 2. The maximum absolute atomic E-state index is 12.3. The normalized spacial score (nSPS) is 11.3. The number of nitrogens with zero attached hydrogens (tertiary/aromatic N) is 2. The predicted octanol–water partition coefficient (Wildman–Crippen LogP) is 5.18. The lowest BCUT2D eigenvalue weighted by Gasteiger charge is -2.18. The Kier molecular flexibility index (Phi) is 7.21. The molecule has 0 spiro atoms. The van der Waals surface area contributed by atoms with Crippen LogP contribution in [0.15, 0.2) is 71.8 Å². The van der Waals surface area contributed by atoms with Crippen LogP contribution in [0.2, 0.25) is 0 Å². The number of amides is 1. The monoisotopic (exact) mass is 459 g/mol. The lowest BCUT2D eigenvalue weighted by molar-refractivity contribution is -0.385. The molecule has 1 amide bonds. The fraction of sp³-hybridized carbons (Fsp3) is 0.192. The van der Waals surface area contributed by atoms with Crippen molar-refractivity contribution in [2.75, 3.05) is 0 Å². The van der Waals surface area contributed by atoms with Gasteiger partial charge in [-0.2, -0.15) is 5.10 Å². The van der Waals surface area contributed by atoms with Crippen LogP contribution in [0.4, 0.5) is 5.69 Å². The van der Waals surface area contributed by atoms with Gasteiger partial charge in [0.1, 0.15) is 5.75 Å². The molecule has 0 saturated carbocycles. The lowest BCUT2D eigenvalue weighted by atomic mass is 9.87. The van der Waals surface area contributed by atoms with Gasteiger partial charge in [0.2, 0.25) is 0 Å². The minimum absolute atomic E-state index is 0.00838. The van der Waals surface area contributed by atoms with Crippen molar-refractivity contribution in [1.82, 2.24) is 5.43 Å². The van der Waals surface area contributed by atoms with E-state index in [0.717, 1.165) is 5.56 Å². The number of rotatable bonds is 6. The third kappa shape index (κ3) is 6.13. The predicted molar refractivity (Wildman–Crippen MR) is 129 cm³/mol. The first-order chi connectivity index (χ1) is 16.0. The number of esters is 1. The van der Waals surface area contributed by atoms with Gasteiger partial charge in [-0.15, -0.1) is 0 Å². The molecular formula is C26H25N3O5. The van der Waals surface area contributed by atoms with Crippen LogP contribution in [0.3, 0.4) is 0 Å². The number of benzene rings is 3. The van der Waals surface area contributed by atoms with Gasteiger partial charge in [-0.1, -0.05) is 32.9 Å². The van der Waals surface area contributed by atoms with Crippen molar-refractivity contribution in [2.45, 2.75) is 33.1 Å². The zero-order valence-corrected chi connectivity index (χ0v) is 19.4. The van der Waals surface area contributed by atoms with Crippen molar-refractivity contribution in [3.05, 3.63) is 105 Å². The van der Waals surface area contributed by atoms with Gasteiger partial charge >= 0.3 is 5.97 Å². The summed E-state index contributed by atoms with van der Waals surface area (Å²) in [5, 5.41) is 14.9. The number of carbonyl (C=O) groups excluding carboxylic acids is 2. The zero-order valence-electron chi connectivity index (χ0n) is 19.4. The first-order valence-electron chi connectivity index (χ1n) is 10.6. The number of nitro benzene ring substituents is 1. The highest BCUT2D eigenvalue weighted by atomic mass is 16.6. The van der Waals surface area contributed by atoms with Crippen LogP contribution >= 0.6 is 0 Å². The first kappa shape index (κ1) is 24.3. The number of aryl methyl sites for hydroxylation is 1. The standard InChI is InChI=1S/C26H25N3O5/c1-17-15-20(9-14-23(17)29(32)33)25(31)34-22-12-5-18(6-13-22)16-27-28-24(30)19-7-10-21(11-8-19)26(2,3)4/h5-16H,1-4H3,(H,28,30). The van der Waals surface area contributed by atoms with Crippen molar-refractivity contribution in [2.24, 2.45) is 5.10 Å². The van der Waals surface area contributed by atoms with E-state index in [-0.39, 0.29) is 22.6 Å². The Hall–Kier alpha value is -4.33. The summed E-state index contributed by atoms with van der Waals surface area (Å²) in [6.45, 7) is 7.88. The second-order valence-corrected chi connectivity index (χ2v) is 8.74. The molecule has 174 valence electrons. The fourth-order valence-corrected chi connectivity index (χ4v) is 3.13. The smallest absolute Gasteiger partial charge is 0.343 e. The number of nitrogens with one attached hydrogen (secondary N) is 1. The lowest BCUT2D eigenvalue weighted by Crippen LogP contribution is -2.18. The fourth-order valence-electron chi connectivity index (χ4n) is 3.13. The van der Waals surface area contributed by atoms with Gasteiger partial charge in [-0.05, 0) is 72.0 Å². The number of hydrogen-bond donors (Lipinski definition) is 1. The molecule has 0 aliphatic carbocycles. The van der Waals surface area contributed by atoms with Gasteiger partial charge in [-0.3, -0.25) is 14.9 Å². The van der Waals surface area contributed by atoms with Gasteiger partial charge in [0.15, 0.2) is 0 Å². The third-order valence-electron chi connectivity index (χ3n) is 5.11. The molecule has 0 aromatic heterocycles. The second kappa shape index (κ2) is 10.1. The van der Waals surface area contributed by atoms with E-state index >= 15 is 0 Å². The van der Waals surface area contributed by atoms with Crippen LogP contribution in [0.5, 0.6) is 5.75 Å². The van der Waals surface area contributed by atoms with E-state index in [9.17, 15) is 19.7 Å². The maximum Gasteiger partial charge on any atom is 0.343 e. The summed E-state index contributed by atoms with van der Waals surface area (Å²) in [6, 6.07) is 18.0. The van der Waals surface area contributed by atoms with Crippen molar-refractivity contribution in [1.29, 1.82) is 0 Å². The molecular weight excluding hydrogens is 434 g/mol. The molecule has 1 N–H and O–H groups in total. The number of hydrazone groups is 1. The van der Waals surface area contributed by atoms with E-state index in [1.807, 2.05) is 12.1 Å². The summed E-state index contributed by atoms with van der Waals surface area (Å²) < 4.78 is 5.32. The van der Waals surface area contributed by atoms with Crippen LogP contribution in [-0.2, 0) is 5.41 Å². The van der Waals surface area contributed by atoms with Crippen molar-refractivity contribution < 1.29 is 19.2 Å². The molecule has 34 heavy (non-hydrogen) atoms. The SMILES string of the molecule is Cc1cc(C(=O)Oc2ccc(C=NNC(=O)c3ccc(C(C)(C)C)cc3)cc2)ccc1[N+](=O)[O-]. The Morgan fingerprint density at radius 3 is 2.15 bits per heavy atom. The van der Waals surface area contributed by atoms with E-state index in [4.69, 9.17) is 4.74 Å². The molecule has 0 heterocycles. The Balaban J connectivity index is 1.57. The van der Waals surface area contributed by atoms with Crippen molar-refractivity contribution >= 4 is 23.8 Å². The van der Waals surface area contributed by atoms with E-state index in [1.165, 1.54) is 24.4 Å². The molecule has 3 aromatic carbocycles. The molecule has 3 rings (SSSR count). The summed E-state index contributed by atoms with van der Waals surface area (Å²) >= 11 is 0. The first-order valence-corrected chi connectivity index (χ1v) is 10.6. The van der Waals surface area contributed by atoms with Crippen molar-refractivity contribution in [3.63, 3.8) is 0 Å². The van der Waals surface area contributed by atoms with E-state index < -0.39 is 10.9 Å². The average Bonchev–Trinajstić information content (AvgIpc) is 2.79. The van der Waals surface area contributed by atoms with E-state index in [1.54, 1.807) is 43.3 Å². The van der Waals surface area contributed by atoms with Crippen LogP contribution in [-0.4, -0.2) is 23.0 Å². The Morgan fingerprint density at radius 1 is 0.971 bits per heavy atom. The van der Waals surface area contributed by atoms with Crippen LogP contribution in [0.25, 0.3) is 0 Å². The van der Waals surface area contributed by atoms with Crippen LogP contribution in [0, 0.1) is 17.0 Å². The molecule has 0 unspecified atom stereocenters. The number of nitro groups is 1. The van der Waals surface area contributed by atoms with Crippen LogP contribution < -0.4 is 10.2 Å². The highest BCUT2D eigenvalue weighted by Gasteiger charge is 2.16. The summed E-state index contributed by atoms with van der Waals surface area (Å²) in [5.41, 5.74) is 5.36. The number of hydrogen-bond acceptors (Lipinski definition) is 6. The molecule has 0 aliphatic heterocycles. The molecule has 0 atom stereocenters. The van der Waals surface area contributed by atoms with Gasteiger partial charge in [-0.25, -0.2) is 10.2 Å². The number of ether oxygens (including phenoxy) is 1. The van der Waals surface area contributed by atoms with E-state index in [0.29, 0.717) is 22.4 Å². The minimum atomic E-state index is -0.621. The van der Waals surface area contributed by atoms with Gasteiger partial charge in [0.25, 0.3) is 11.6 Å². The third-order valence-corrected chi connectivity index (χ3v) is 5.11. The van der Waals surface area contributed by atoms with Gasteiger partial charge in [0.05, 0.1) is 16.7 Å². The molecule has 0 radical (unpaired) electrons. The van der Waals surface area contributed by atoms with E-state index in [2.05, 4.69) is 31.3 Å². The van der Waals surface area contributed by atoms with Gasteiger partial charge < -0.3 is 4.74 Å². The zero-order chi connectivity index (χ0) is 24.9. The largest absolute Gasteiger partial charge is 0.423 e. The Labute approximate surface area is 197 Å². The topological polar surface area (TPSA) is 111 Å². The summed E-state index contributed by atoms with van der Waals surface area (Å²) in [5.74, 6) is -0.633. The summed E-state index contributed by atoms with van der Waals surface area (Å²) in [7, 11) is 0.